The zero-order valence-electron chi connectivity index (χ0n) is 17.8. The van der Waals surface area contributed by atoms with Gasteiger partial charge >= 0.3 is 0 Å². The summed E-state index contributed by atoms with van der Waals surface area (Å²) in [4.78, 5) is 14.1. The average Bonchev–Trinajstić information content (AvgIpc) is 2.78. The highest BCUT2D eigenvalue weighted by atomic mass is 32.2. The summed E-state index contributed by atoms with van der Waals surface area (Å²) in [5.74, 6) is 0.808. The SMILES string of the molecule is Cc1cc(CSc2ccccc2)ccc1NC(=O)[C@@H]1CN(S(C)(=O)=O)c2ccccc2O1. The molecule has 8 heteroatoms. The molecule has 0 radical (unpaired) electrons. The molecule has 166 valence electrons. The number of para-hydroxylation sites is 2. The van der Waals surface area contributed by atoms with Gasteiger partial charge in [-0.2, -0.15) is 0 Å². The number of rotatable bonds is 6. The van der Waals surface area contributed by atoms with Gasteiger partial charge in [0, 0.05) is 16.3 Å². The summed E-state index contributed by atoms with van der Waals surface area (Å²) in [6.07, 6.45) is 0.174. The monoisotopic (exact) mass is 468 g/mol. The van der Waals surface area contributed by atoms with Gasteiger partial charge in [-0.15, -0.1) is 11.8 Å². The molecule has 3 aromatic carbocycles. The number of benzene rings is 3. The van der Waals surface area contributed by atoms with E-state index in [0.717, 1.165) is 23.1 Å². The van der Waals surface area contributed by atoms with Crippen molar-refractivity contribution < 1.29 is 17.9 Å². The fourth-order valence-corrected chi connectivity index (χ4v) is 5.28. The quantitative estimate of drug-likeness (QED) is 0.541. The Hall–Kier alpha value is -2.97. The molecule has 1 amide bonds. The second kappa shape index (κ2) is 9.26. The van der Waals surface area contributed by atoms with E-state index >= 15 is 0 Å². The molecule has 1 N–H and O–H groups in total. The van der Waals surface area contributed by atoms with Crippen LogP contribution in [0.3, 0.4) is 0 Å². The van der Waals surface area contributed by atoms with Crippen molar-refractivity contribution in [1.82, 2.24) is 0 Å². The van der Waals surface area contributed by atoms with E-state index in [2.05, 4.69) is 17.4 Å². The van der Waals surface area contributed by atoms with E-state index in [1.54, 1.807) is 36.0 Å². The van der Waals surface area contributed by atoms with E-state index < -0.39 is 16.1 Å². The van der Waals surface area contributed by atoms with E-state index in [1.807, 2.05) is 43.3 Å². The van der Waals surface area contributed by atoms with Gasteiger partial charge in [-0.1, -0.05) is 42.5 Å². The van der Waals surface area contributed by atoms with Gasteiger partial charge in [0.1, 0.15) is 5.75 Å². The molecule has 0 saturated heterocycles. The zero-order valence-corrected chi connectivity index (χ0v) is 19.4. The molecule has 32 heavy (non-hydrogen) atoms. The van der Waals surface area contributed by atoms with Gasteiger partial charge < -0.3 is 10.1 Å². The molecule has 1 heterocycles. The first kappa shape index (κ1) is 22.2. The number of carbonyl (C=O) groups is 1. The topological polar surface area (TPSA) is 75.7 Å². The van der Waals surface area contributed by atoms with Crippen LogP contribution >= 0.6 is 11.8 Å². The summed E-state index contributed by atoms with van der Waals surface area (Å²) in [5.41, 5.74) is 3.20. The van der Waals surface area contributed by atoms with Crippen LogP contribution in [0.2, 0.25) is 0 Å². The van der Waals surface area contributed by atoms with Gasteiger partial charge in [0.05, 0.1) is 18.5 Å². The number of amides is 1. The number of sulfonamides is 1. The lowest BCUT2D eigenvalue weighted by Crippen LogP contribution is -2.48. The van der Waals surface area contributed by atoms with Gasteiger partial charge in [-0.3, -0.25) is 9.10 Å². The molecule has 1 aliphatic rings. The van der Waals surface area contributed by atoms with Crippen LogP contribution in [-0.4, -0.2) is 33.2 Å². The summed E-state index contributed by atoms with van der Waals surface area (Å²) in [7, 11) is -3.55. The van der Waals surface area contributed by atoms with E-state index in [1.165, 1.54) is 9.20 Å². The van der Waals surface area contributed by atoms with Crippen molar-refractivity contribution in [3.63, 3.8) is 0 Å². The Balaban J connectivity index is 1.45. The highest BCUT2D eigenvalue weighted by Gasteiger charge is 2.35. The maximum atomic E-state index is 12.9. The van der Waals surface area contributed by atoms with Gasteiger partial charge in [0.15, 0.2) is 6.10 Å². The summed E-state index contributed by atoms with van der Waals surface area (Å²) >= 11 is 1.75. The molecule has 6 nitrogen and oxygen atoms in total. The lowest BCUT2D eigenvalue weighted by Gasteiger charge is -2.33. The fourth-order valence-electron chi connectivity index (χ4n) is 3.51. The Morgan fingerprint density at radius 1 is 1.09 bits per heavy atom. The number of hydrogen-bond acceptors (Lipinski definition) is 5. The third kappa shape index (κ3) is 5.08. The van der Waals surface area contributed by atoms with E-state index in [4.69, 9.17) is 4.74 Å². The second-order valence-electron chi connectivity index (χ2n) is 7.61. The number of carbonyl (C=O) groups excluding carboxylic acids is 1. The van der Waals surface area contributed by atoms with Crippen molar-refractivity contribution in [1.29, 1.82) is 0 Å². The molecular weight excluding hydrogens is 444 g/mol. The first-order valence-corrected chi connectivity index (χ1v) is 13.0. The number of aryl methyl sites for hydroxylation is 1. The molecule has 0 saturated carbocycles. The number of anilines is 2. The van der Waals surface area contributed by atoms with E-state index in [-0.39, 0.29) is 12.5 Å². The zero-order chi connectivity index (χ0) is 22.7. The predicted molar refractivity (Wildman–Crippen MR) is 129 cm³/mol. The van der Waals surface area contributed by atoms with Crippen LogP contribution in [-0.2, 0) is 20.6 Å². The lowest BCUT2D eigenvalue weighted by molar-refractivity contribution is -0.122. The Bertz CT molecular complexity index is 1230. The third-order valence-corrected chi connectivity index (χ3v) is 7.35. The van der Waals surface area contributed by atoms with Crippen molar-refractivity contribution >= 4 is 39.1 Å². The fraction of sp³-hybridized carbons (Fsp3) is 0.208. The first-order chi connectivity index (χ1) is 15.3. The lowest BCUT2D eigenvalue weighted by atomic mass is 10.1. The summed E-state index contributed by atoms with van der Waals surface area (Å²) in [5, 5.41) is 2.89. The highest BCUT2D eigenvalue weighted by Crippen LogP contribution is 2.35. The van der Waals surface area contributed by atoms with Crippen LogP contribution in [0.25, 0.3) is 0 Å². The number of ether oxygens (including phenoxy) is 1. The van der Waals surface area contributed by atoms with Crippen molar-refractivity contribution in [2.24, 2.45) is 0 Å². The Morgan fingerprint density at radius 2 is 1.81 bits per heavy atom. The van der Waals surface area contributed by atoms with E-state index in [0.29, 0.717) is 17.1 Å². The van der Waals surface area contributed by atoms with Crippen molar-refractivity contribution in [3.8, 4) is 5.75 Å². The number of hydrogen-bond donors (Lipinski definition) is 1. The number of thioether (sulfide) groups is 1. The summed E-state index contributed by atoms with van der Waals surface area (Å²) in [6.45, 7) is 1.86. The third-order valence-electron chi connectivity index (χ3n) is 5.12. The molecule has 0 aromatic heterocycles. The minimum Gasteiger partial charge on any atom is -0.476 e. The normalized spacial score (nSPS) is 15.6. The van der Waals surface area contributed by atoms with Gasteiger partial charge in [-0.25, -0.2) is 8.42 Å². The second-order valence-corrected chi connectivity index (χ2v) is 10.6. The maximum Gasteiger partial charge on any atom is 0.267 e. The van der Waals surface area contributed by atoms with Gasteiger partial charge in [0.25, 0.3) is 5.91 Å². The smallest absolute Gasteiger partial charge is 0.267 e. The Morgan fingerprint density at radius 3 is 2.53 bits per heavy atom. The molecule has 0 fully saturated rings. The Kier molecular flexibility index (Phi) is 6.43. The molecule has 0 aliphatic carbocycles. The van der Waals surface area contributed by atoms with E-state index in [9.17, 15) is 13.2 Å². The molecule has 3 aromatic rings. The van der Waals surface area contributed by atoms with Crippen LogP contribution in [0.1, 0.15) is 11.1 Å². The van der Waals surface area contributed by atoms with Crippen molar-refractivity contribution in [3.05, 3.63) is 83.9 Å². The van der Waals surface area contributed by atoms with Crippen LogP contribution < -0.4 is 14.4 Å². The molecule has 0 unspecified atom stereocenters. The van der Waals surface area contributed by atoms with Gasteiger partial charge in [-0.05, 0) is 48.4 Å². The predicted octanol–water partition coefficient (Wildman–Crippen LogP) is 4.45. The summed E-state index contributed by atoms with van der Waals surface area (Å²) < 4.78 is 31.6. The molecular formula is C24H24N2O4S2. The van der Waals surface area contributed by atoms with Crippen LogP contribution in [0.4, 0.5) is 11.4 Å². The van der Waals surface area contributed by atoms with Gasteiger partial charge in [0.2, 0.25) is 10.0 Å². The van der Waals surface area contributed by atoms with Crippen LogP contribution in [0.15, 0.2) is 77.7 Å². The molecule has 4 rings (SSSR count). The summed E-state index contributed by atoms with van der Waals surface area (Å²) in [6, 6.07) is 22.9. The highest BCUT2D eigenvalue weighted by molar-refractivity contribution is 7.98. The average molecular weight is 469 g/mol. The standard InChI is InChI=1S/C24H24N2O4S2/c1-17-14-18(16-31-19-8-4-3-5-9-19)12-13-20(17)25-24(27)23-15-26(32(2,28)29)21-10-6-7-11-22(21)30-23/h3-14,23H,15-16H2,1-2H3,(H,25,27)/t23-/m0/s1. The Labute approximate surface area is 192 Å². The maximum absolute atomic E-state index is 12.9. The van der Waals surface area contributed by atoms with Crippen molar-refractivity contribution in [2.75, 3.05) is 22.4 Å². The number of nitrogens with one attached hydrogen (secondary N) is 1. The molecule has 0 spiro atoms. The number of fused-ring (bicyclic) bond motifs is 1. The first-order valence-electron chi connectivity index (χ1n) is 10.1. The molecule has 0 bridgehead atoms. The van der Waals surface area contributed by atoms with Crippen LogP contribution in [0, 0.1) is 6.92 Å². The minimum atomic E-state index is -3.55. The number of nitrogens with zero attached hydrogens (tertiary/aromatic N) is 1. The molecule has 1 aliphatic heterocycles. The van der Waals surface area contributed by atoms with Crippen LogP contribution in [0.5, 0.6) is 5.75 Å². The largest absolute Gasteiger partial charge is 0.476 e. The van der Waals surface area contributed by atoms with Crippen molar-refractivity contribution in [2.45, 2.75) is 23.7 Å². The minimum absolute atomic E-state index is 0.0769. The molecule has 1 atom stereocenters.